The highest BCUT2D eigenvalue weighted by Gasteiger charge is 2.27. The summed E-state index contributed by atoms with van der Waals surface area (Å²) in [4.78, 5) is 13.3. The number of carbonyl (C=O) groups is 1. The molecular formula is C20H17N3O3. The van der Waals surface area contributed by atoms with Crippen molar-refractivity contribution >= 4 is 16.8 Å². The van der Waals surface area contributed by atoms with Crippen LogP contribution in [0.25, 0.3) is 22.0 Å². The van der Waals surface area contributed by atoms with Gasteiger partial charge in [0.2, 0.25) is 0 Å². The number of aromatic nitrogens is 2. The molecule has 1 aromatic heterocycles. The fourth-order valence-corrected chi connectivity index (χ4v) is 3.22. The van der Waals surface area contributed by atoms with E-state index in [1.807, 2.05) is 24.3 Å². The predicted molar refractivity (Wildman–Crippen MR) is 97.6 cm³/mol. The minimum Gasteiger partial charge on any atom is -0.508 e. The molecule has 0 saturated carbocycles. The SMILES string of the molecule is C#CC(=O)N1CCC(Oc2cc(-c3ccc(O)cc3)cc3[nH]ncc23)C1. The van der Waals surface area contributed by atoms with E-state index in [9.17, 15) is 9.90 Å². The van der Waals surface area contributed by atoms with Crippen LogP contribution in [0.2, 0.25) is 0 Å². The molecule has 1 unspecified atom stereocenters. The molecule has 4 rings (SSSR count). The number of aromatic hydroxyl groups is 1. The Morgan fingerprint density at radius 2 is 2.12 bits per heavy atom. The van der Waals surface area contributed by atoms with Crippen LogP contribution in [0.5, 0.6) is 11.5 Å². The molecule has 1 aliphatic rings. The van der Waals surface area contributed by atoms with Crippen LogP contribution in [0.1, 0.15) is 6.42 Å². The first-order valence-corrected chi connectivity index (χ1v) is 8.33. The molecule has 3 aromatic rings. The Hall–Kier alpha value is -3.46. The number of hydrogen-bond donors (Lipinski definition) is 2. The Balaban J connectivity index is 1.64. The average molecular weight is 347 g/mol. The zero-order valence-electron chi connectivity index (χ0n) is 14.0. The van der Waals surface area contributed by atoms with Crippen LogP contribution in [0.4, 0.5) is 0 Å². The van der Waals surface area contributed by atoms with E-state index in [1.54, 1.807) is 23.2 Å². The minimum atomic E-state index is -0.303. The van der Waals surface area contributed by atoms with Crippen molar-refractivity contribution < 1.29 is 14.6 Å². The third-order valence-electron chi connectivity index (χ3n) is 4.57. The molecule has 2 aromatic carbocycles. The Morgan fingerprint density at radius 1 is 1.31 bits per heavy atom. The van der Waals surface area contributed by atoms with E-state index in [4.69, 9.17) is 11.2 Å². The quantitative estimate of drug-likeness (QED) is 0.714. The van der Waals surface area contributed by atoms with Crippen LogP contribution in [-0.2, 0) is 4.79 Å². The molecule has 0 spiro atoms. The number of rotatable bonds is 3. The molecule has 2 N–H and O–H groups in total. The Bertz CT molecular complexity index is 1000. The maximum atomic E-state index is 11.6. The Kier molecular flexibility index (Phi) is 3.98. The molecule has 0 aliphatic carbocycles. The van der Waals surface area contributed by atoms with Crippen LogP contribution in [0.15, 0.2) is 42.6 Å². The lowest BCUT2D eigenvalue weighted by molar-refractivity contribution is -0.124. The largest absolute Gasteiger partial charge is 0.508 e. The van der Waals surface area contributed by atoms with Crippen LogP contribution >= 0.6 is 0 Å². The topological polar surface area (TPSA) is 78.5 Å². The Labute approximate surface area is 150 Å². The van der Waals surface area contributed by atoms with Gasteiger partial charge in [-0.15, -0.1) is 6.42 Å². The van der Waals surface area contributed by atoms with Gasteiger partial charge in [0.1, 0.15) is 17.6 Å². The summed E-state index contributed by atoms with van der Waals surface area (Å²) in [7, 11) is 0. The lowest BCUT2D eigenvalue weighted by atomic mass is 10.0. The first kappa shape index (κ1) is 16.0. The highest BCUT2D eigenvalue weighted by Crippen LogP contribution is 2.33. The number of aromatic amines is 1. The maximum Gasteiger partial charge on any atom is 0.298 e. The monoisotopic (exact) mass is 347 g/mol. The van der Waals surface area contributed by atoms with E-state index in [0.717, 1.165) is 28.5 Å². The number of terminal acetylenes is 1. The van der Waals surface area contributed by atoms with Gasteiger partial charge in [-0.2, -0.15) is 5.10 Å². The number of ether oxygens (including phenoxy) is 1. The van der Waals surface area contributed by atoms with Crippen molar-refractivity contribution in [2.45, 2.75) is 12.5 Å². The predicted octanol–water partition coefficient (Wildman–Crippen LogP) is 2.55. The van der Waals surface area contributed by atoms with E-state index < -0.39 is 0 Å². The second-order valence-corrected chi connectivity index (χ2v) is 6.28. The van der Waals surface area contributed by atoms with Crippen molar-refractivity contribution in [2.24, 2.45) is 0 Å². The van der Waals surface area contributed by atoms with Gasteiger partial charge in [-0.25, -0.2) is 0 Å². The van der Waals surface area contributed by atoms with Crippen LogP contribution in [0.3, 0.4) is 0 Å². The first-order valence-electron chi connectivity index (χ1n) is 8.33. The number of hydrogen-bond acceptors (Lipinski definition) is 4. The molecule has 1 amide bonds. The van der Waals surface area contributed by atoms with Crippen molar-refractivity contribution in [3.63, 3.8) is 0 Å². The molecule has 0 radical (unpaired) electrons. The Morgan fingerprint density at radius 3 is 2.88 bits per heavy atom. The fraction of sp³-hybridized carbons (Fsp3) is 0.200. The van der Waals surface area contributed by atoms with Crippen molar-refractivity contribution in [1.29, 1.82) is 0 Å². The molecule has 1 atom stereocenters. The number of phenols is 1. The van der Waals surface area contributed by atoms with Gasteiger partial charge in [-0.3, -0.25) is 9.89 Å². The van der Waals surface area contributed by atoms with Gasteiger partial charge in [-0.1, -0.05) is 12.1 Å². The molecule has 6 heteroatoms. The highest BCUT2D eigenvalue weighted by atomic mass is 16.5. The average Bonchev–Trinajstić information content (AvgIpc) is 3.31. The molecule has 6 nitrogen and oxygen atoms in total. The third kappa shape index (κ3) is 2.95. The second-order valence-electron chi connectivity index (χ2n) is 6.28. The fourth-order valence-electron chi connectivity index (χ4n) is 3.22. The summed E-state index contributed by atoms with van der Waals surface area (Å²) in [5, 5.41) is 17.5. The summed E-state index contributed by atoms with van der Waals surface area (Å²) in [5.41, 5.74) is 2.77. The van der Waals surface area contributed by atoms with Gasteiger partial charge in [0.25, 0.3) is 5.91 Å². The summed E-state index contributed by atoms with van der Waals surface area (Å²) in [6.07, 6.45) is 7.54. The zero-order valence-corrected chi connectivity index (χ0v) is 14.0. The highest BCUT2D eigenvalue weighted by molar-refractivity contribution is 5.93. The number of benzene rings is 2. The number of likely N-dealkylation sites (tertiary alicyclic amines) is 1. The molecular weight excluding hydrogens is 330 g/mol. The van der Waals surface area contributed by atoms with Crippen molar-refractivity contribution in [3.05, 3.63) is 42.6 Å². The van der Waals surface area contributed by atoms with Gasteiger partial charge in [-0.05, 0) is 41.3 Å². The standard InChI is InChI=1S/C20H17N3O3/c1-2-20(25)23-8-7-16(12-23)26-19-10-14(9-18-17(19)11-21-22-18)13-3-5-15(24)6-4-13/h1,3-6,9-11,16,24H,7-8,12H2,(H,21,22). The van der Waals surface area contributed by atoms with Crippen molar-refractivity contribution in [2.75, 3.05) is 13.1 Å². The number of phenolic OH excluding ortho intramolecular Hbond substituents is 1. The number of fused-ring (bicyclic) bond motifs is 1. The molecule has 130 valence electrons. The van der Waals surface area contributed by atoms with E-state index in [-0.39, 0.29) is 17.8 Å². The van der Waals surface area contributed by atoms with Crippen LogP contribution in [0, 0.1) is 12.3 Å². The van der Waals surface area contributed by atoms with Gasteiger partial charge in [0, 0.05) is 13.0 Å². The minimum absolute atomic E-state index is 0.111. The lowest BCUT2D eigenvalue weighted by Crippen LogP contribution is -2.29. The molecule has 1 aliphatic heterocycles. The molecule has 0 bridgehead atoms. The van der Waals surface area contributed by atoms with E-state index >= 15 is 0 Å². The summed E-state index contributed by atoms with van der Waals surface area (Å²) in [6.45, 7) is 1.08. The lowest BCUT2D eigenvalue weighted by Gasteiger charge is -2.16. The van der Waals surface area contributed by atoms with Gasteiger partial charge >= 0.3 is 0 Å². The normalized spacial score (nSPS) is 16.6. The summed E-state index contributed by atoms with van der Waals surface area (Å²) < 4.78 is 6.19. The summed E-state index contributed by atoms with van der Waals surface area (Å²) in [5.74, 6) is 2.77. The molecule has 26 heavy (non-hydrogen) atoms. The summed E-state index contributed by atoms with van der Waals surface area (Å²) >= 11 is 0. The summed E-state index contributed by atoms with van der Waals surface area (Å²) in [6, 6.07) is 10.9. The van der Waals surface area contributed by atoms with Crippen molar-refractivity contribution in [1.82, 2.24) is 15.1 Å². The smallest absolute Gasteiger partial charge is 0.298 e. The first-order chi connectivity index (χ1) is 12.6. The number of nitrogens with zero attached hydrogens (tertiary/aromatic N) is 2. The van der Waals surface area contributed by atoms with Crippen LogP contribution in [-0.4, -0.2) is 45.3 Å². The van der Waals surface area contributed by atoms with E-state index in [2.05, 4.69) is 16.1 Å². The number of amides is 1. The number of H-pyrrole nitrogens is 1. The van der Waals surface area contributed by atoms with E-state index in [0.29, 0.717) is 18.8 Å². The zero-order chi connectivity index (χ0) is 18.1. The maximum absolute atomic E-state index is 11.6. The molecule has 2 heterocycles. The number of carbonyl (C=O) groups excluding carboxylic acids is 1. The molecule has 1 saturated heterocycles. The number of nitrogens with one attached hydrogen (secondary N) is 1. The molecule has 1 fully saturated rings. The van der Waals surface area contributed by atoms with Gasteiger partial charge in [0.05, 0.1) is 23.6 Å². The van der Waals surface area contributed by atoms with Gasteiger partial charge in [0.15, 0.2) is 0 Å². The third-order valence-corrected chi connectivity index (χ3v) is 4.57. The van der Waals surface area contributed by atoms with Gasteiger partial charge < -0.3 is 14.7 Å². The second kappa shape index (κ2) is 6.45. The van der Waals surface area contributed by atoms with Crippen molar-refractivity contribution in [3.8, 4) is 35.0 Å². The van der Waals surface area contributed by atoms with E-state index in [1.165, 1.54) is 0 Å². The van der Waals surface area contributed by atoms with Crippen LogP contribution < -0.4 is 4.74 Å².